The van der Waals surface area contributed by atoms with Gasteiger partial charge < -0.3 is 10.4 Å². The standard InChI is InChI=1S/C19H36N2O/c1-3-19(22)15-11-17(20-16-7-5-4-6-8-16)13-21(12-15)18-10-9-14(18)2/h14-20,22H,3-13H2,1-2H3. The van der Waals surface area contributed by atoms with E-state index in [9.17, 15) is 5.11 Å². The molecule has 1 saturated heterocycles. The zero-order valence-corrected chi connectivity index (χ0v) is 14.6. The van der Waals surface area contributed by atoms with Crippen molar-refractivity contribution in [3.63, 3.8) is 0 Å². The average molecular weight is 309 g/mol. The predicted molar refractivity (Wildman–Crippen MR) is 92.0 cm³/mol. The van der Waals surface area contributed by atoms with Crippen molar-refractivity contribution < 1.29 is 5.11 Å². The van der Waals surface area contributed by atoms with Crippen LogP contribution >= 0.6 is 0 Å². The summed E-state index contributed by atoms with van der Waals surface area (Å²) in [5, 5.41) is 14.4. The van der Waals surface area contributed by atoms with E-state index in [-0.39, 0.29) is 6.10 Å². The van der Waals surface area contributed by atoms with Crippen LogP contribution < -0.4 is 5.32 Å². The number of nitrogens with one attached hydrogen (secondary N) is 1. The summed E-state index contributed by atoms with van der Waals surface area (Å²) in [4.78, 5) is 2.71. The molecule has 2 saturated carbocycles. The quantitative estimate of drug-likeness (QED) is 0.819. The Morgan fingerprint density at radius 2 is 1.82 bits per heavy atom. The molecule has 1 heterocycles. The van der Waals surface area contributed by atoms with Crippen molar-refractivity contribution in [1.82, 2.24) is 10.2 Å². The number of aliphatic hydroxyl groups excluding tert-OH is 1. The largest absolute Gasteiger partial charge is 0.393 e. The van der Waals surface area contributed by atoms with Crippen LogP contribution in [-0.4, -0.2) is 47.3 Å². The molecule has 5 atom stereocenters. The van der Waals surface area contributed by atoms with Gasteiger partial charge in [0.05, 0.1) is 6.10 Å². The molecule has 0 amide bonds. The molecule has 3 rings (SSSR count). The molecule has 3 nitrogen and oxygen atoms in total. The molecule has 22 heavy (non-hydrogen) atoms. The summed E-state index contributed by atoms with van der Waals surface area (Å²) in [6.07, 6.45) is 11.6. The first-order valence-corrected chi connectivity index (χ1v) is 9.85. The Hall–Kier alpha value is -0.120. The Labute approximate surface area is 136 Å². The zero-order valence-electron chi connectivity index (χ0n) is 14.6. The van der Waals surface area contributed by atoms with E-state index in [0.29, 0.717) is 12.0 Å². The molecule has 3 heteroatoms. The van der Waals surface area contributed by atoms with Gasteiger partial charge in [-0.2, -0.15) is 0 Å². The Morgan fingerprint density at radius 1 is 1.05 bits per heavy atom. The monoisotopic (exact) mass is 308 g/mol. The second kappa shape index (κ2) is 7.63. The maximum atomic E-state index is 10.4. The molecule has 0 spiro atoms. The molecule has 128 valence electrons. The van der Waals surface area contributed by atoms with Crippen molar-refractivity contribution in [2.75, 3.05) is 13.1 Å². The molecule has 5 unspecified atom stereocenters. The van der Waals surface area contributed by atoms with Gasteiger partial charge in [-0.1, -0.05) is 33.1 Å². The lowest BCUT2D eigenvalue weighted by Gasteiger charge is -2.50. The van der Waals surface area contributed by atoms with Gasteiger partial charge in [-0.3, -0.25) is 4.90 Å². The minimum absolute atomic E-state index is 0.117. The Kier molecular flexibility index (Phi) is 5.80. The van der Waals surface area contributed by atoms with Crippen LogP contribution in [0.25, 0.3) is 0 Å². The van der Waals surface area contributed by atoms with Gasteiger partial charge in [0, 0.05) is 31.2 Å². The van der Waals surface area contributed by atoms with Gasteiger partial charge in [-0.25, -0.2) is 0 Å². The number of aliphatic hydroxyl groups is 1. The number of likely N-dealkylation sites (tertiary alicyclic amines) is 1. The van der Waals surface area contributed by atoms with Gasteiger partial charge in [0.2, 0.25) is 0 Å². The van der Waals surface area contributed by atoms with E-state index in [2.05, 4.69) is 24.1 Å². The van der Waals surface area contributed by atoms with E-state index in [1.165, 1.54) is 57.9 Å². The Morgan fingerprint density at radius 3 is 2.41 bits per heavy atom. The van der Waals surface area contributed by atoms with Gasteiger partial charge in [-0.15, -0.1) is 0 Å². The van der Waals surface area contributed by atoms with Crippen molar-refractivity contribution in [3.8, 4) is 0 Å². The maximum Gasteiger partial charge on any atom is 0.0578 e. The maximum absolute atomic E-state index is 10.4. The summed E-state index contributed by atoms with van der Waals surface area (Å²) >= 11 is 0. The smallest absolute Gasteiger partial charge is 0.0578 e. The van der Waals surface area contributed by atoms with Crippen LogP contribution in [0.3, 0.4) is 0 Å². The molecule has 2 N–H and O–H groups in total. The first-order valence-electron chi connectivity index (χ1n) is 9.85. The van der Waals surface area contributed by atoms with Crippen LogP contribution in [0.15, 0.2) is 0 Å². The molecule has 3 fully saturated rings. The number of nitrogens with zero attached hydrogens (tertiary/aromatic N) is 1. The van der Waals surface area contributed by atoms with Crippen LogP contribution in [0.4, 0.5) is 0 Å². The van der Waals surface area contributed by atoms with Gasteiger partial charge in [0.1, 0.15) is 0 Å². The third-order valence-electron chi connectivity index (χ3n) is 6.59. The van der Waals surface area contributed by atoms with Crippen LogP contribution in [0.2, 0.25) is 0 Å². The molecular formula is C19H36N2O. The van der Waals surface area contributed by atoms with Crippen molar-refractivity contribution in [2.45, 2.75) is 95.9 Å². The fourth-order valence-corrected chi connectivity index (χ4v) is 4.97. The van der Waals surface area contributed by atoms with Gasteiger partial charge >= 0.3 is 0 Å². The zero-order chi connectivity index (χ0) is 15.5. The fraction of sp³-hybridized carbons (Fsp3) is 1.00. The van der Waals surface area contributed by atoms with E-state index in [0.717, 1.165) is 31.0 Å². The highest BCUT2D eigenvalue weighted by molar-refractivity contribution is 4.95. The molecule has 0 aromatic heterocycles. The van der Waals surface area contributed by atoms with Crippen LogP contribution in [0, 0.1) is 11.8 Å². The molecule has 3 aliphatic rings. The Balaban J connectivity index is 1.60. The normalized spacial score (nSPS) is 39.4. The van der Waals surface area contributed by atoms with Crippen molar-refractivity contribution in [1.29, 1.82) is 0 Å². The van der Waals surface area contributed by atoms with Crippen LogP contribution in [-0.2, 0) is 0 Å². The Bertz CT molecular complexity index is 340. The van der Waals surface area contributed by atoms with E-state index >= 15 is 0 Å². The summed E-state index contributed by atoms with van der Waals surface area (Å²) in [6.45, 7) is 6.85. The minimum Gasteiger partial charge on any atom is -0.393 e. The minimum atomic E-state index is -0.117. The summed E-state index contributed by atoms with van der Waals surface area (Å²) in [5.74, 6) is 1.32. The highest BCUT2D eigenvalue weighted by atomic mass is 16.3. The van der Waals surface area contributed by atoms with Crippen molar-refractivity contribution in [2.24, 2.45) is 11.8 Å². The fourth-order valence-electron chi connectivity index (χ4n) is 4.97. The van der Waals surface area contributed by atoms with Crippen LogP contribution in [0.5, 0.6) is 0 Å². The third-order valence-corrected chi connectivity index (χ3v) is 6.59. The number of hydrogen-bond acceptors (Lipinski definition) is 3. The van der Waals surface area contributed by atoms with E-state index in [1.807, 2.05) is 0 Å². The van der Waals surface area contributed by atoms with Crippen molar-refractivity contribution >= 4 is 0 Å². The molecule has 1 aliphatic heterocycles. The molecule has 0 radical (unpaired) electrons. The second-order valence-electron chi connectivity index (χ2n) is 8.25. The summed E-state index contributed by atoms with van der Waals surface area (Å²) < 4.78 is 0. The van der Waals surface area contributed by atoms with E-state index < -0.39 is 0 Å². The molecular weight excluding hydrogens is 272 g/mol. The number of rotatable bonds is 5. The lowest BCUT2D eigenvalue weighted by molar-refractivity contribution is -0.0182. The predicted octanol–water partition coefficient (Wildman–Crippen LogP) is 3.17. The van der Waals surface area contributed by atoms with E-state index in [1.54, 1.807) is 0 Å². The third kappa shape index (κ3) is 3.85. The topological polar surface area (TPSA) is 35.5 Å². The first-order chi connectivity index (χ1) is 10.7. The SMILES string of the molecule is CCC(O)C1CC(NC2CCCCC2)CN(C2CCC2C)C1. The summed E-state index contributed by atoms with van der Waals surface area (Å²) in [6, 6.07) is 2.11. The van der Waals surface area contributed by atoms with Gasteiger partial charge in [0.15, 0.2) is 0 Å². The number of hydrogen-bond donors (Lipinski definition) is 2. The summed E-state index contributed by atoms with van der Waals surface area (Å²) in [5.41, 5.74) is 0. The first kappa shape index (κ1) is 16.7. The van der Waals surface area contributed by atoms with Crippen molar-refractivity contribution in [3.05, 3.63) is 0 Å². The number of piperidine rings is 1. The molecule has 0 bridgehead atoms. The van der Waals surface area contributed by atoms with E-state index in [4.69, 9.17) is 0 Å². The average Bonchev–Trinajstić information content (AvgIpc) is 2.53. The second-order valence-corrected chi connectivity index (χ2v) is 8.25. The lowest BCUT2D eigenvalue weighted by atomic mass is 9.77. The van der Waals surface area contributed by atoms with Gasteiger partial charge in [-0.05, 0) is 50.4 Å². The van der Waals surface area contributed by atoms with Crippen LogP contribution in [0.1, 0.15) is 71.6 Å². The highest BCUT2D eigenvalue weighted by Crippen LogP contribution is 2.35. The van der Waals surface area contributed by atoms with Gasteiger partial charge in [0.25, 0.3) is 0 Å². The highest BCUT2D eigenvalue weighted by Gasteiger charge is 2.39. The molecule has 0 aromatic rings. The lowest BCUT2D eigenvalue weighted by Crippen LogP contribution is -2.59. The molecule has 0 aromatic carbocycles. The molecule has 2 aliphatic carbocycles. The summed E-state index contributed by atoms with van der Waals surface area (Å²) in [7, 11) is 0.